The van der Waals surface area contributed by atoms with Crippen LogP contribution in [0, 0.1) is 13.8 Å². The molecule has 2 heterocycles. The first kappa shape index (κ1) is 22.3. The van der Waals surface area contributed by atoms with E-state index in [4.69, 9.17) is 0 Å². The zero-order valence-electron chi connectivity index (χ0n) is 19.4. The van der Waals surface area contributed by atoms with Crippen molar-refractivity contribution in [3.63, 3.8) is 0 Å². The van der Waals surface area contributed by atoms with E-state index in [0.717, 1.165) is 0 Å². The van der Waals surface area contributed by atoms with E-state index >= 15 is 0 Å². The summed E-state index contributed by atoms with van der Waals surface area (Å²) in [5.41, 5.74) is 5.02. The van der Waals surface area contributed by atoms with Crippen LogP contribution in [0.25, 0.3) is 44.5 Å². The highest BCUT2D eigenvalue weighted by Crippen LogP contribution is 2.35. The summed E-state index contributed by atoms with van der Waals surface area (Å²) in [7, 11) is 0. The number of rotatable bonds is 6. The fourth-order valence-electron chi connectivity index (χ4n) is 3.77. The van der Waals surface area contributed by atoms with Crippen molar-refractivity contribution in [2.24, 2.45) is 0 Å². The van der Waals surface area contributed by atoms with Gasteiger partial charge < -0.3 is 0 Å². The summed E-state index contributed by atoms with van der Waals surface area (Å²) in [5, 5.41) is 2.63. The normalized spacial score (nSPS) is 12.5. The Morgan fingerprint density at radius 2 is 0.853 bits per heavy atom. The number of fused-ring (bicyclic) bond motifs is 2. The second-order valence-corrected chi connectivity index (χ2v) is 10.7. The monoisotopic (exact) mass is 474 g/mol. The average Bonchev–Trinajstić information content (AvgIpc) is 3.42. The third-order valence-electron chi connectivity index (χ3n) is 5.67. The maximum atomic E-state index is 2.32. The van der Waals surface area contributed by atoms with Gasteiger partial charge in [0, 0.05) is 19.2 Å². The largest absolute Gasteiger partial charge is 0.136 e. The fraction of sp³-hybridized carbons (Fsp3) is 0.0625. The minimum atomic E-state index is 1.22. The molecule has 0 spiro atoms. The van der Waals surface area contributed by atoms with Gasteiger partial charge in [-0.1, -0.05) is 96.1 Å². The van der Waals surface area contributed by atoms with Crippen LogP contribution in [0.4, 0.5) is 0 Å². The van der Waals surface area contributed by atoms with Crippen LogP contribution in [-0.4, -0.2) is 0 Å². The summed E-state index contributed by atoms with van der Waals surface area (Å²) in [4.78, 5) is 2.56. The number of thiophene rings is 2. The third kappa shape index (κ3) is 5.53. The van der Waals surface area contributed by atoms with Crippen LogP contribution in [0.3, 0.4) is 0 Å². The van der Waals surface area contributed by atoms with Gasteiger partial charge in [0.1, 0.15) is 0 Å². The second-order valence-electron chi connectivity index (χ2n) is 8.48. The summed E-state index contributed by atoms with van der Waals surface area (Å²) in [6.07, 6.45) is 17.1. The Labute approximate surface area is 209 Å². The molecule has 0 atom stereocenters. The van der Waals surface area contributed by atoms with Crippen molar-refractivity contribution in [2.45, 2.75) is 13.8 Å². The molecule has 2 heteroatoms. The lowest BCUT2D eigenvalue weighted by atomic mass is 10.1. The Hall–Kier alpha value is -3.46. The molecule has 0 saturated heterocycles. The van der Waals surface area contributed by atoms with E-state index in [-0.39, 0.29) is 0 Å². The predicted octanol–water partition coefficient (Wildman–Crippen LogP) is 10.2. The Balaban J connectivity index is 1.27. The SMILES string of the molecule is Cc1ccc(C=CC=Cc2cc3cc4sc(C=CC=Cc5ccc(C)cc5)cc4cc3s2)cc1. The lowest BCUT2D eigenvalue weighted by Crippen LogP contribution is -1.72. The summed E-state index contributed by atoms with van der Waals surface area (Å²) in [6, 6.07) is 26.4. The van der Waals surface area contributed by atoms with Crippen molar-refractivity contribution in [3.05, 3.63) is 129 Å². The highest BCUT2D eigenvalue weighted by atomic mass is 32.1. The number of hydrogen-bond donors (Lipinski definition) is 0. The number of aryl methyl sites for hydroxylation is 2. The topological polar surface area (TPSA) is 0 Å². The molecular formula is C32H26S2. The molecule has 2 aromatic heterocycles. The van der Waals surface area contributed by atoms with Crippen molar-refractivity contribution in [1.29, 1.82) is 0 Å². The van der Waals surface area contributed by atoms with Crippen LogP contribution in [-0.2, 0) is 0 Å². The van der Waals surface area contributed by atoms with Crippen LogP contribution in [0.5, 0.6) is 0 Å². The van der Waals surface area contributed by atoms with Crippen LogP contribution in [0.2, 0.25) is 0 Å². The van der Waals surface area contributed by atoms with Gasteiger partial charge in [-0.15, -0.1) is 22.7 Å². The van der Waals surface area contributed by atoms with Gasteiger partial charge in [-0.05, 0) is 72.2 Å². The molecule has 0 bridgehead atoms. The molecule has 0 unspecified atom stereocenters. The van der Waals surface area contributed by atoms with E-state index in [1.807, 2.05) is 22.7 Å². The first-order valence-electron chi connectivity index (χ1n) is 11.4. The molecule has 34 heavy (non-hydrogen) atoms. The third-order valence-corrected chi connectivity index (χ3v) is 7.79. The van der Waals surface area contributed by atoms with Gasteiger partial charge in [0.05, 0.1) is 0 Å². The van der Waals surface area contributed by atoms with E-state index in [1.165, 1.54) is 52.2 Å². The summed E-state index contributed by atoms with van der Waals surface area (Å²) < 4.78 is 2.67. The van der Waals surface area contributed by atoms with E-state index < -0.39 is 0 Å². The van der Waals surface area contributed by atoms with Crippen LogP contribution in [0.1, 0.15) is 32.0 Å². The summed E-state index contributed by atoms with van der Waals surface area (Å²) in [6.45, 7) is 4.23. The Bertz CT molecular complexity index is 1370. The van der Waals surface area contributed by atoms with Gasteiger partial charge in [0.15, 0.2) is 0 Å². The molecule has 0 aliphatic rings. The fourth-order valence-corrected chi connectivity index (χ4v) is 5.78. The molecule has 5 aromatic rings. The van der Waals surface area contributed by atoms with Crippen molar-refractivity contribution < 1.29 is 0 Å². The highest BCUT2D eigenvalue weighted by molar-refractivity contribution is 7.21. The predicted molar refractivity (Wildman–Crippen MR) is 156 cm³/mol. The molecule has 0 fully saturated rings. The van der Waals surface area contributed by atoms with E-state index in [0.29, 0.717) is 0 Å². The van der Waals surface area contributed by atoms with Gasteiger partial charge in [-0.25, -0.2) is 0 Å². The average molecular weight is 475 g/mol. The maximum Gasteiger partial charge on any atom is 0.0356 e. The first-order valence-corrected chi connectivity index (χ1v) is 13.1. The van der Waals surface area contributed by atoms with Crippen LogP contribution < -0.4 is 0 Å². The van der Waals surface area contributed by atoms with Gasteiger partial charge in [0.25, 0.3) is 0 Å². The molecule has 166 valence electrons. The standard InChI is InChI=1S/C32H26S2/c1-23-11-15-25(16-12-23)7-3-5-9-29-19-27-21-32-28(22-31(27)33-29)20-30(34-32)10-6-4-8-26-17-13-24(2)14-18-26/h3-22H,1-2H3. The number of allylic oxidation sites excluding steroid dienone is 4. The van der Waals surface area contributed by atoms with Crippen LogP contribution >= 0.6 is 22.7 Å². The quantitative estimate of drug-likeness (QED) is 0.215. The lowest BCUT2D eigenvalue weighted by Gasteiger charge is -1.93. The van der Waals surface area contributed by atoms with Crippen LogP contribution in [0.15, 0.2) is 97.1 Å². The van der Waals surface area contributed by atoms with E-state index in [9.17, 15) is 0 Å². The van der Waals surface area contributed by atoms with Gasteiger partial charge >= 0.3 is 0 Å². The zero-order chi connectivity index (χ0) is 23.3. The molecule has 0 aliphatic heterocycles. The molecule has 3 aromatic carbocycles. The molecule has 0 saturated carbocycles. The Kier molecular flexibility index (Phi) is 6.71. The summed E-state index contributed by atoms with van der Waals surface area (Å²) >= 11 is 3.69. The number of hydrogen-bond acceptors (Lipinski definition) is 2. The van der Waals surface area contributed by atoms with Crippen molar-refractivity contribution in [3.8, 4) is 0 Å². The lowest BCUT2D eigenvalue weighted by molar-refractivity contribution is 1.46. The Morgan fingerprint density at radius 1 is 0.471 bits per heavy atom. The molecule has 0 aliphatic carbocycles. The minimum Gasteiger partial charge on any atom is -0.136 e. The van der Waals surface area contributed by atoms with E-state index in [2.05, 4.69) is 135 Å². The molecule has 0 amide bonds. The van der Waals surface area contributed by atoms with Crippen molar-refractivity contribution >= 4 is 67.1 Å². The zero-order valence-corrected chi connectivity index (χ0v) is 21.0. The van der Waals surface area contributed by atoms with Gasteiger partial charge in [-0.3, -0.25) is 0 Å². The molecule has 0 radical (unpaired) electrons. The maximum absolute atomic E-state index is 2.32. The van der Waals surface area contributed by atoms with Crippen molar-refractivity contribution in [2.75, 3.05) is 0 Å². The van der Waals surface area contributed by atoms with Gasteiger partial charge in [0.2, 0.25) is 0 Å². The minimum absolute atomic E-state index is 1.22. The summed E-state index contributed by atoms with van der Waals surface area (Å²) in [5.74, 6) is 0. The first-order chi connectivity index (χ1) is 16.6. The molecule has 0 N–H and O–H groups in total. The molecular weight excluding hydrogens is 448 g/mol. The van der Waals surface area contributed by atoms with Crippen molar-refractivity contribution in [1.82, 2.24) is 0 Å². The molecule has 5 rings (SSSR count). The van der Waals surface area contributed by atoms with Gasteiger partial charge in [-0.2, -0.15) is 0 Å². The smallest absolute Gasteiger partial charge is 0.0356 e. The second kappa shape index (κ2) is 10.2. The Morgan fingerprint density at radius 3 is 1.26 bits per heavy atom. The number of benzene rings is 3. The molecule has 0 nitrogen and oxygen atoms in total. The highest BCUT2D eigenvalue weighted by Gasteiger charge is 2.05. The van der Waals surface area contributed by atoms with E-state index in [1.54, 1.807) is 0 Å².